The maximum atomic E-state index is 13.1. The highest BCUT2D eigenvalue weighted by Crippen LogP contribution is 2.34. The number of hydrogen-bond acceptors (Lipinski definition) is 2. The number of nitrogens with one attached hydrogen (secondary N) is 2. The molecule has 1 amide bonds. The third kappa shape index (κ3) is 3.57. The predicted molar refractivity (Wildman–Crippen MR) is 77.7 cm³/mol. The standard InChI is InChI=1S/C16H23FN2O/c1-2-6-16(7-9-18-10-8-16)15(20)19-12-13-4-3-5-14(17)11-13/h3-5,11,18H,2,6-10,12H2,1H3,(H,19,20). The first-order valence-corrected chi connectivity index (χ1v) is 7.40. The van der Waals surface area contributed by atoms with Crippen LogP contribution in [0.25, 0.3) is 0 Å². The van der Waals surface area contributed by atoms with E-state index in [1.54, 1.807) is 6.07 Å². The molecule has 4 heteroatoms. The Morgan fingerprint density at radius 2 is 2.15 bits per heavy atom. The molecule has 1 aromatic rings. The van der Waals surface area contributed by atoms with Gasteiger partial charge in [-0.3, -0.25) is 4.79 Å². The van der Waals surface area contributed by atoms with Crippen molar-refractivity contribution in [2.45, 2.75) is 39.2 Å². The van der Waals surface area contributed by atoms with E-state index in [2.05, 4.69) is 17.6 Å². The normalized spacial score (nSPS) is 17.7. The fraction of sp³-hybridized carbons (Fsp3) is 0.562. The Balaban J connectivity index is 1.98. The number of hydrogen-bond donors (Lipinski definition) is 2. The van der Waals surface area contributed by atoms with Crippen molar-refractivity contribution in [3.05, 3.63) is 35.6 Å². The largest absolute Gasteiger partial charge is 0.352 e. The van der Waals surface area contributed by atoms with Gasteiger partial charge in [-0.2, -0.15) is 0 Å². The van der Waals surface area contributed by atoms with E-state index in [0.717, 1.165) is 44.3 Å². The molecular weight excluding hydrogens is 255 g/mol. The topological polar surface area (TPSA) is 41.1 Å². The number of rotatable bonds is 5. The summed E-state index contributed by atoms with van der Waals surface area (Å²) in [5, 5.41) is 6.29. The lowest BCUT2D eigenvalue weighted by atomic mass is 9.74. The highest BCUT2D eigenvalue weighted by atomic mass is 19.1. The Bertz CT molecular complexity index is 450. The van der Waals surface area contributed by atoms with Crippen LogP contribution in [0.3, 0.4) is 0 Å². The molecule has 2 rings (SSSR count). The van der Waals surface area contributed by atoms with Gasteiger partial charge < -0.3 is 10.6 Å². The van der Waals surface area contributed by atoms with Gasteiger partial charge in [-0.25, -0.2) is 4.39 Å². The maximum Gasteiger partial charge on any atom is 0.226 e. The SMILES string of the molecule is CCCC1(C(=O)NCc2cccc(F)c2)CCNCC1. The van der Waals surface area contributed by atoms with Crippen LogP contribution < -0.4 is 10.6 Å². The molecule has 0 aromatic heterocycles. The van der Waals surface area contributed by atoms with E-state index in [1.165, 1.54) is 12.1 Å². The van der Waals surface area contributed by atoms with Crippen LogP contribution in [0, 0.1) is 11.2 Å². The first kappa shape index (κ1) is 15.0. The lowest BCUT2D eigenvalue weighted by molar-refractivity contribution is -0.133. The van der Waals surface area contributed by atoms with E-state index < -0.39 is 0 Å². The molecule has 0 unspecified atom stereocenters. The van der Waals surface area contributed by atoms with Crippen LogP contribution in [-0.2, 0) is 11.3 Å². The number of piperidine rings is 1. The van der Waals surface area contributed by atoms with Gasteiger partial charge in [-0.05, 0) is 50.0 Å². The fourth-order valence-corrected chi connectivity index (χ4v) is 2.99. The minimum Gasteiger partial charge on any atom is -0.352 e. The second kappa shape index (κ2) is 6.84. The van der Waals surface area contributed by atoms with Crippen molar-refractivity contribution in [1.82, 2.24) is 10.6 Å². The Labute approximate surface area is 120 Å². The van der Waals surface area contributed by atoms with Crippen molar-refractivity contribution >= 4 is 5.91 Å². The van der Waals surface area contributed by atoms with Crippen molar-refractivity contribution in [3.8, 4) is 0 Å². The van der Waals surface area contributed by atoms with Crippen LogP contribution in [0.1, 0.15) is 38.2 Å². The molecule has 20 heavy (non-hydrogen) atoms. The highest BCUT2D eigenvalue weighted by molar-refractivity contribution is 5.82. The zero-order valence-electron chi connectivity index (χ0n) is 12.0. The molecule has 0 bridgehead atoms. The first-order valence-electron chi connectivity index (χ1n) is 7.40. The van der Waals surface area contributed by atoms with E-state index in [1.807, 2.05) is 6.07 Å². The lowest BCUT2D eigenvalue weighted by Crippen LogP contribution is -2.47. The molecule has 0 spiro atoms. The molecule has 1 saturated heterocycles. The second-order valence-electron chi connectivity index (χ2n) is 5.59. The van der Waals surface area contributed by atoms with Gasteiger partial charge in [0, 0.05) is 6.54 Å². The van der Waals surface area contributed by atoms with Crippen LogP contribution in [0.2, 0.25) is 0 Å². The predicted octanol–water partition coefficient (Wildman–Crippen LogP) is 2.61. The number of halogens is 1. The van der Waals surface area contributed by atoms with Crippen molar-refractivity contribution in [2.75, 3.05) is 13.1 Å². The molecule has 1 aliphatic rings. The van der Waals surface area contributed by atoms with Gasteiger partial charge in [0.2, 0.25) is 5.91 Å². The Hall–Kier alpha value is -1.42. The number of carbonyl (C=O) groups excluding carboxylic acids is 1. The molecule has 0 atom stereocenters. The summed E-state index contributed by atoms with van der Waals surface area (Å²) in [6.45, 7) is 4.31. The van der Waals surface area contributed by atoms with E-state index in [-0.39, 0.29) is 17.1 Å². The molecule has 2 N–H and O–H groups in total. The smallest absolute Gasteiger partial charge is 0.226 e. The Morgan fingerprint density at radius 1 is 1.40 bits per heavy atom. The van der Waals surface area contributed by atoms with Gasteiger partial charge in [0.1, 0.15) is 5.82 Å². The Kier molecular flexibility index (Phi) is 5.12. The van der Waals surface area contributed by atoms with E-state index >= 15 is 0 Å². The minimum atomic E-state index is -0.262. The highest BCUT2D eigenvalue weighted by Gasteiger charge is 2.38. The molecule has 1 aliphatic heterocycles. The van der Waals surface area contributed by atoms with Gasteiger partial charge in [0.25, 0.3) is 0 Å². The summed E-state index contributed by atoms with van der Waals surface area (Å²) in [6.07, 6.45) is 3.70. The second-order valence-corrected chi connectivity index (χ2v) is 5.59. The van der Waals surface area contributed by atoms with Crippen LogP contribution in [0.5, 0.6) is 0 Å². The first-order chi connectivity index (χ1) is 9.66. The van der Waals surface area contributed by atoms with Crippen molar-refractivity contribution in [1.29, 1.82) is 0 Å². The van der Waals surface area contributed by atoms with E-state index in [0.29, 0.717) is 6.54 Å². The van der Waals surface area contributed by atoms with Crippen molar-refractivity contribution in [3.63, 3.8) is 0 Å². The lowest BCUT2D eigenvalue weighted by Gasteiger charge is -2.36. The summed E-state index contributed by atoms with van der Waals surface area (Å²) in [6, 6.07) is 6.38. The third-order valence-corrected chi connectivity index (χ3v) is 4.11. The maximum absolute atomic E-state index is 13.1. The molecule has 0 aliphatic carbocycles. The van der Waals surface area contributed by atoms with Crippen LogP contribution in [0.15, 0.2) is 24.3 Å². The third-order valence-electron chi connectivity index (χ3n) is 4.11. The molecule has 1 fully saturated rings. The van der Waals surface area contributed by atoms with Crippen LogP contribution in [0.4, 0.5) is 4.39 Å². The molecule has 0 radical (unpaired) electrons. The zero-order chi connectivity index (χ0) is 14.4. The number of carbonyl (C=O) groups is 1. The van der Waals surface area contributed by atoms with Gasteiger partial charge in [-0.1, -0.05) is 25.5 Å². The fourth-order valence-electron chi connectivity index (χ4n) is 2.99. The molecule has 0 saturated carbocycles. The summed E-state index contributed by atoms with van der Waals surface area (Å²) < 4.78 is 13.1. The van der Waals surface area contributed by atoms with Crippen LogP contribution in [-0.4, -0.2) is 19.0 Å². The van der Waals surface area contributed by atoms with E-state index in [9.17, 15) is 9.18 Å². The number of benzene rings is 1. The summed E-state index contributed by atoms with van der Waals surface area (Å²) in [5.74, 6) is -0.146. The molecule has 1 aromatic carbocycles. The summed E-state index contributed by atoms with van der Waals surface area (Å²) >= 11 is 0. The minimum absolute atomic E-state index is 0.116. The van der Waals surface area contributed by atoms with Crippen molar-refractivity contribution in [2.24, 2.45) is 5.41 Å². The monoisotopic (exact) mass is 278 g/mol. The van der Waals surface area contributed by atoms with Crippen molar-refractivity contribution < 1.29 is 9.18 Å². The quantitative estimate of drug-likeness (QED) is 0.869. The average Bonchev–Trinajstić information content (AvgIpc) is 2.46. The number of amides is 1. The summed E-state index contributed by atoms with van der Waals surface area (Å²) in [4.78, 5) is 12.5. The van der Waals surface area contributed by atoms with E-state index in [4.69, 9.17) is 0 Å². The molecule has 1 heterocycles. The molecule has 110 valence electrons. The van der Waals surface area contributed by atoms with Gasteiger partial charge in [0.05, 0.1) is 5.41 Å². The summed E-state index contributed by atoms with van der Waals surface area (Å²) in [5.41, 5.74) is 0.562. The zero-order valence-corrected chi connectivity index (χ0v) is 12.0. The molecule has 3 nitrogen and oxygen atoms in total. The van der Waals surface area contributed by atoms with Gasteiger partial charge in [-0.15, -0.1) is 0 Å². The summed E-state index contributed by atoms with van der Waals surface area (Å²) in [7, 11) is 0. The average molecular weight is 278 g/mol. The van der Waals surface area contributed by atoms with Gasteiger partial charge in [0.15, 0.2) is 0 Å². The molecular formula is C16H23FN2O. The van der Waals surface area contributed by atoms with Crippen LogP contribution >= 0.6 is 0 Å². The Morgan fingerprint density at radius 3 is 2.80 bits per heavy atom. The van der Waals surface area contributed by atoms with Gasteiger partial charge >= 0.3 is 0 Å².